The minimum absolute atomic E-state index is 0.203. The van der Waals surface area contributed by atoms with Crippen LogP contribution < -0.4 is 0 Å². The number of esters is 1. The van der Waals surface area contributed by atoms with Crippen LogP contribution in [0.2, 0.25) is 0 Å². The third kappa shape index (κ3) is 4.40. The second kappa shape index (κ2) is 8.44. The molecule has 0 aliphatic heterocycles. The number of ether oxygens (including phenoxy) is 1. The van der Waals surface area contributed by atoms with E-state index in [1.807, 2.05) is 6.07 Å². The number of hydrogen-bond donors (Lipinski definition) is 0. The van der Waals surface area contributed by atoms with E-state index in [1.54, 1.807) is 47.6 Å². The zero-order chi connectivity index (χ0) is 17.4. The van der Waals surface area contributed by atoms with Crippen LogP contribution in [0.5, 0.6) is 0 Å². The van der Waals surface area contributed by atoms with Crippen molar-refractivity contribution in [2.75, 3.05) is 13.7 Å². The summed E-state index contributed by atoms with van der Waals surface area (Å²) < 4.78 is 4.64. The molecule has 0 N–H and O–H groups in total. The van der Waals surface area contributed by atoms with Crippen molar-refractivity contribution in [1.82, 2.24) is 9.88 Å². The van der Waals surface area contributed by atoms with E-state index in [2.05, 4.69) is 15.8 Å². The number of hydrogen-bond acceptors (Lipinski definition) is 5. The number of benzene rings is 1. The molecule has 0 saturated carbocycles. The lowest BCUT2D eigenvalue weighted by atomic mass is 10.1. The molecule has 1 aromatic carbocycles. The van der Waals surface area contributed by atoms with E-state index < -0.39 is 5.97 Å². The molecule has 24 heavy (non-hydrogen) atoms. The standard InChI is InChI=1S/C18H17N3O3/c1-24-18(23)16-7-5-15(6-8-16)17(22)21(11-3-9-19)13-14-4-2-10-20-12-14/h2,4-8,10,12H,3,11,13H2,1H3. The zero-order valence-corrected chi connectivity index (χ0v) is 13.3. The number of nitriles is 1. The maximum atomic E-state index is 12.7. The molecule has 6 heteroatoms. The van der Waals surface area contributed by atoms with E-state index in [9.17, 15) is 9.59 Å². The highest BCUT2D eigenvalue weighted by atomic mass is 16.5. The third-order valence-corrected chi connectivity index (χ3v) is 3.43. The minimum Gasteiger partial charge on any atom is -0.465 e. The fourth-order valence-electron chi connectivity index (χ4n) is 2.20. The SMILES string of the molecule is COC(=O)c1ccc(C(=O)N(CCC#N)Cc2cccnc2)cc1. The molecule has 6 nitrogen and oxygen atoms in total. The molecule has 1 aromatic heterocycles. The summed E-state index contributed by atoms with van der Waals surface area (Å²) in [6, 6.07) is 12.0. The smallest absolute Gasteiger partial charge is 0.337 e. The van der Waals surface area contributed by atoms with Gasteiger partial charge in [0.25, 0.3) is 5.91 Å². The van der Waals surface area contributed by atoms with Crippen LogP contribution in [-0.2, 0) is 11.3 Å². The van der Waals surface area contributed by atoms with Gasteiger partial charge in [-0.05, 0) is 35.9 Å². The fourth-order valence-corrected chi connectivity index (χ4v) is 2.20. The van der Waals surface area contributed by atoms with Gasteiger partial charge >= 0.3 is 5.97 Å². The maximum absolute atomic E-state index is 12.7. The van der Waals surface area contributed by atoms with Gasteiger partial charge in [-0.25, -0.2) is 4.79 Å². The highest BCUT2D eigenvalue weighted by molar-refractivity contribution is 5.96. The quantitative estimate of drug-likeness (QED) is 0.762. The van der Waals surface area contributed by atoms with Gasteiger partial charge in [-0.1, -0.05) is 6.07 Å². The van der Waals surface area contributed by atoms with Gasteiger partial charge in [0.1, 0.15) is 0 Å². The summed E-state index contributed by atoms with van der Waals surface area (Å²) in [5, 5.41) is 8.81. The van der Waals surface area contributed by atoms with Crippen LogP contribution in [0.1, 0.15) is 32.7 Å². The van der Waals surface area contributed by atoms with Crippen LogP contribution in [0.15, 0.2) is 48.8 Å². The van der Waals surface area contributed by atoms with Crippen LogP contribution in [0, 0.1) is 11.3 Å². The summed E-state index contributed by atoms with van der Waals surface area (Å²) in [5.41, 5.74) is 1.71. The molecule has 1 amide bonds. The molecule has 0 aliphatic carbocycles. The molecule has 0 spiro atoms. The first-order chi connectivity index (χ1) is 11.7. The Balaban J connectivity index is 2.17. The summed E-state index contributed by atoms with van der Waals surface area (Å²) >= 11 is 0. The Morgan fingerprint density at radius 3 is 2.50 bits per heavy atom. The number of amides is 1. The Bertz CT molecular complexity index is 736. The van der Waals surface area contributed by atoms with Gasteiger partial charge in [0.2, 0.25) is 0 Å². The summed E-state index contributed by atoms with van der Waals surface area (Å²) in [7, 11) is 1.30. The lowest BCUT2D eigenvalue weighted by molar-refractivity contribution is 0.0599. The van der Waals surface area contributed by atoms with Crippen LogP contribution >= 0.6 is 0 Å². The monoisotopic (exact) mass is 323 g/mol. The van der Waals surface area contributed by atoms with Crippen molar-refractivity contribution in [3.8, 4) is 6.07 Å². The van der Waals surface area contributed by atoms with Crippen molar-refractivity contribution in [3.63, 3.8) is 0 Å². The van der Waals surface area contributed by atoms with Crippen LogP contribution in [0.4, 0.5) is 0 Å². The second-order valence-electron chi connectivity index (χ2n) is 5.07. The van der Waals surface area contributed by atoms with E-state index in [0.29, 0.717) is 24.2 Å². The van der Waals surface area contributed by atoms with E-state index in [0.717, 1.165) is 5.56 Å². The number of rotatable bonds is 6. The predicted octanol–water partition coefficient (Wildman–Crippen LogP) is 2.42. The summed E-state index contributed by atoms with van der Waals surface area (Å²) in [4.78, 5) is 29.8. The molecule has 122 valence electrons. The Kier molecular flexibility index (Phi) is 6.03. The van der Waals surface area contributed by atoms with Gasteiger partial charge in [-0.3, -0.25) is 9.78 Å². The minimum atomic E-state index is -0.453. The Labute approximate surface area is 140 Å². The molecular weight excluding hydrogens is 306 g/mol. The largest absolute Gasteiger partial charge is 0.465 e. The molecule has 1 heterocycles. The van der Waals surface area contributed by atoms with Crippen molar-refractivity contribution in [2.45, 2.75) is 13.0 Å². The average Bonchev–Trinajstić information content (AvgIpc) is 2.65. The molecule has 2 rings (SSSR count). The Morgan fingerprint density at radius 1 is 1.21 bits per heavy atom. The second-order valence-corrected chi connectivity index (χ2v) is 5.07. The lowest BCUT2D eigenvalue weighted by Gasteiger charge is -2.21. The topological polar surface area (TPSA) is 83.3 Å². The van der Waals surface area contributed by atoms with Crippen molar-refractivity contribution in [2.24, 2.45) is 0 Å². The molecule has 0 fully saturated rings. The highest BCUT2D eigenvalue weighted by Gasteiger charge is 2.17. The maximum Gasteiger partial charge on any atom is 0.337 e. The van der Waals surface area contributed by atoms with Crippen LogP contribution in [0.25, 0.3) is 0 Å². The third-order valence-electron chi connectivity index (χ3n) is 3.43. The van der Waals surface area contributed by atoms with Crippen LogP contribution in [0.3, 0.4) is 0 Å². The molecule has 0 radical (unpaired) electrons. The van der Waals surface area contributed by atoms with Gasteiger partial charge in [0.15, 0.2) is 0 Å². The van der Waals surface area contributed by atoms with Crippen molar-refractivity contribution in [3.05, 3.63) is 65.5 Å². The van der Waals surface area contributed by atoms with E-state index in [-0.39, 0.29) is 12.3 Å². The van der Waals surface area contributed by atoms with Gasteiger partial charge in [-0.15, -0.1) is 0 Å². The first kappa shape index (κ1) is 17.2. The fraction of sp³-hybridized carbons (Fsp3) is 0.222. The number of aromatic nitrogens is 1. The first-order valence-corrected chi connectivity index (χ1v) is 7.39. The van der Waals surface area contributed by atoms with Gasteiger partial charge in [0.05, 0.1) is 25.2 Å². The summed E-state index contributed by atoms with van der Waals surface area (Å²) in [6.07, 6.45) is 3.59. The number of methoxy groups -OCH3 is 1. The number of carbonyl (C=O) groups excluding carboxylic acids is 2. The van der Waals surface area contributed by atoms with E-state index >= 15 is 0 Å². The molecule has 0 saturated heterocycles. The highest BCUT2D eigenvalue weighted by Crippen LogP contribution is 2.12. The van der Waals surface area contributed by atoms with Crippen molar-refractivity contribution < 1.29 is 14.3 Å². The first-order valence-electron chi connectivity index (χ1n) is 7.39. The molecule has 0 unspecified atom stereocenters. The van der Waals surface area contributed by atoms with Crippen molar-refractivity contribution in [1.29, 1.82) is 5.26 Å². The van der Waals surface area contributed by atoms with E-state index in [4.69, 9.17) is 5.26 Å². The Morgan fingerprint density at radius 2 is 1.92 bits per heavy atom. The number of pyridine rings is 1. The zero-order valence-electron chi connectivity index (χ0n) is 13.3. The van der Waals surface area contributed by atoms with Gasteiger partial charge in [0, 0.05) is 31.0 Å². The summed E-state index contributed by atoms with van der Waals surface area (Å²) in [6.45, 7) is 0.691. The summed E-state index contributed by atoms with van der Waals surface area (Å²) in [5.74, 6) is -0.656. The molecule has 0 atom stereocenters. The average molecular weight is 323 g/mol. The molecular formula is C18H17N3O3. The van der Waals surface area contributed by atoms with Crippen molar-refractivity contribution >= 4 is 11.9 Å². The van der Waals surface area contributed by atoms with Gasteiger partial charge in [-0.2, -0.15) is 5.26 Å². The normalized spacial score (nSPS) is 9.83. The Hall–Kier alpha value is -3.20. The molecule has 0 aliphatic rings. The number of carbonyl (C=O) groups is 2. The molecule has 2 aromatic rings. The number of nitrogens with zero attached hydrogens (tertiary/aromatic N) is 3. The van der Waals surface area contributed by atoms with Gasteiger partial charge < -0.3 is 9.64 Å². The lowest BCUT2D eigenvalue weighted by Crippen LogP contribution is -2.31. The van der Waals surface area contributed by atoms with E-state index in [1.165, 1.54) is 7.11 Å². The van der Waals surface area contributed by atoms with Crippen LogP contribution in [-0.4, -0.2) is 35.4 Å². The molecule has 0 bridgehead atoms. The predicted molar refractivity (Wildman–Crippen MR) is 87.0 cm³/mol.